The van der Waals surface area contributed by atoms with Gasteiger partial charge in [-0.2, -0.15) is 4.31 Å². The van der Waals surface area contributed by atoms with Crippen molar-refractivity contribution >= 4 is 27.3 Å². The van der Waals surface area contributed by atoms with E-state index in [4.69, 9.17) is 0 Å². The van der Waals surface area contributed by atoms with Crippen LogP contribution in [0.15, 0.2) is 47.4 Å². The number of nitrogens with zero attached hydrogens (tertiary/aromatic N) is 2. The number of sulfonamides is 1. The molecule has 8 heteroatoms. The number of carbonyl (C=O) groups excluding carboxylic acids is 1. The molecule has 34 heavy (non-hydrogen) atoms. The van der Waals surface area contributed by atoms with Crippen molar-refractivity contribution in [2.75, 3.05) is 36.4 Å². The number of piperidine rings is 1. The molecule has 1 N–H and O–H groups in total. The van der Waals surface area contributed by atoms with Gasteiger partial charge in [0.25, 0.3) is 0 Å². The average Bonchev–Trinajstić information content (AvgIpc) is 3.35. The van der Waals surface area contributed by atoms with Gasteiger partial charge in [0.1, 0.15) is 11.5 Å². The standard InChI is InChI=1S/C26H34FN3O3S/c1-26(2,3)20-9-11-21(12-10-20)34(32,33)30-17-13-19(14-18-30)25(31)28-24-22(27)7-6-8-23(24)29-15-4-5-16-29/h6-12,19H,4-5,13-18H2,1-3H3,(H,28,31). The minimum Gasteiger partial charge on any atom is -0.370 e. The van der Waals surface area contributed by atoms with Crippen LogP contribution in [0.1, 0.15) is 52.0 Å². The molecule has 6 nitrogen and oxygen atoms in total. The zero-order chi connectivity index (χ0) is 24.5. The molecule has 0 bridgehead atoms. The van der Waals surface area contributed by atoms with Crippen LogP contribution in [0, 0.1) is 11.7 Å². The molecule has 4 rings (SSSR count). The Kier molecular flexibility index (Phi) is 7.01. The van der Waals surface area contributed by atoms with E-state index in [1.165, 1.54) is 10.4 Å². The molecule has 0 spiro atoms. The Bertz CT molecular complexity index is 1130. The molecule has 2 aromatic carbocycles. The fourth-order valence-corrected chi connectivity index (χ4v) is 6.19. The number of anilines is 2. The number of hydrogen-bond donors (Lipinski definition) is 1. The first-order chi connectivity index (χ1) is 16.1. The molecule has 0 radical (unpaired) electrons. The van der Waals surface area contributed by atoms with Crippen molar-refractivity contribution in [3.8, 4) is 0 Å². The third kappa shape index (κ3) is 5.13. The maximum atomic E-state index is 14.6. The first kappa shape index (κ1) is 24.7. The van der Waals surface area contributed by atoms with Crippen molar-refractivity contribution in [2.24, 2.45) is 5.92 Å². The maximum absolute atomic E-state index is 14.6. The molecule has 0 saturated carbocycles. The van der Waals surface area contributed by atoms with E-state index in [0.29, 0.717) is 18.5 Å². The summed E-state index contributed by atoms with van der Waals surface area (Å²) >= 11 is 0. The summed E-state index contributed by atoms with van der Waals surface area (Å²) in [5.74, 6) is -1.06. The quantitative estimate of drug-likeness (QED) is 0.660. The maximum Gasteiger partial charge on any atom is 0.243 e. The number of amides is 1. The Balaban J connectivity index is 1.41. The second kappa shape index (κ2) is 9.66. The van der Waals surface area contributed by atoms with E-state index in [9.17, 15) is 17.6 Å². The summed E-state index contributed by atoms with van der Waals surface area (Å²) in [5, 5.41) is 2.81. The molecule has 0 atom stereocenters. The van der Waals surface area contributed by atoms with E-state index >= 15 is 0 Å². The zero-order valence-corrected chi connectivity index (χ0v) is 21.0. The van der Waals surface area contributed by atoms with E-state index < -0.39 is 15.8 Å². The second-order valence-electron chi connectivity index (χ2n) is 10.3. The number of nitrogens with one attached hydrogen (secondary N) is 1. The summed E-state index contributed by atoms with van der Waals surface area (Å²) in [6.45, 7) is 8.47. The largest absolute Gasteiger partial charge is 0.370 e. The van der Waals surface area contributed by atoms with Crippen LogP contribution in [0.2, 0.25) is 0 Å². The minimum absolute atomic E-state index is 0.0547. The topological polar surface area (TPSA) is 69.7 Å². The summed E-state index contributed by atoms with van der Waals surface area (Å²) < 4.78 is 42.3. The Morgan fingerprint density at radius 1 is 0.971 bits per heavy atom. The van der Waals surface area contributed by atoms with Crippen LogP contribution >= 0.6 is 0 Å². The van der Waals surface area contributed by atoms with Gasteiger partial charge >= 0.3 is 0 Å². The average molecular weight is 488 g/mol. The van der Waals surface area contributed by atoms with E-state index in [2.05, 4.69) is 31.0 Å². The number of hydrogen-bond acceptors (Lipinski definition) is 4. The normalized spacial score (nSPS) is 18.3. The Labute approximate surface area is 202 Å². The first-order valence-electron chi connectivity index (χ1n) is 12.0. The van der Waals surface area contributed by atoms with Crippen molar-refractivity contribution < 1.29 is 17.6 Å². The van der Waals surface area contributed by atoms with Crippen LogP contribution < -0.4 is 10.2 Å². The van der Waals surface area contributed by atoms with Gasteiger partial charge in [0.15, 0.2) is 0 Å². The minimum atomic E-state index is -3.62. The molecule has 2 aliphatic heterocycles. The predicted molar refractivity (Wildman–Crippen MR) is 133 cm³/mol. The molecular formula is C26H34FN3O3S. The molecule has 2 saturated heterocycles. The Morgan fingerprint density at radius 3 is 2.18 bits per heavy atom. The van der Waals surface area contributed by atoms with Crippen molar-refractivity contribution in [1.82, 2.24) is 4.31 Å². The number of rotatable bonds is 5. The van der Waals surface area contributed by atoms with Gasteiger partial charge in [-0.1, -0.05) is 39.0 Å². The van der Waals surface area contributed by atoms with Gasteiger partial charge in [0, 0.05) is 32.1 Å². The lowest BCUT2D eigenvalue weighted by atomic mass is 9.87. The van der Waals surface area contributed by atoms with Gasteiger partial charge in [-0.15, -0.1) is 0 Å². The number of carbonyl (C=O) groups is 1. The molecule has 2 aromatic rings. The highest BCUT2D eigenvalue weighted by Gasteiger charge is 2.33. The van der Waals surface area contributed by atoms with Crippen LogP contribution in [-0.2, 0) is 20.2 Å². The summed E-state index contributed by atoms with van der Waals surface area (Å²) in [6, 6.07) is 11.9. The van der Waals surface area contributed by atoms with Gasteiger partial charge < -0.3 is 10.2 Å². The van der Waals surface area contributed by atoms with Crippen molar-refractivity contribution in [3.05, 3.63) is 53.8 Å². The molecule has 184 valence electrons. The monoisotopic (exact) mass is 487 g/mol. The van der Waals surface area contributed by atoms with Crippen LogP contribution in [0.4, 0.5) is 15.8 Å². The van der Waals surface area contributed by atoms with Crippen molar-refractivity contribution in [1.29, 1.82) is 0 Å². The van der Waals surface area contributed by atoms with E-state index in [0.717, 1.165) is 31.5 Å². The zero-order valence-electron chi connectivity index (χ0n) is 20.2. The van der Waals surface area contributed by atoms with E-state index in [1.807, 2.05) is 18.2 Å². The lowest BCUT2D eigenvalue weighted by Crippen LogP contribution is -2.41. The molecule has 1 amide bonds. The lowest BCUT2D eigenvalue weighted by Gasteiger charge is -2.31. The second-order valence-corrected chi connectivity index (χ2v) is 12.2. The highest BCUT2D eigenvalue weighted by atomic mass is 32.2. The summed E-state index contributed by atoms with van der Waals surface area (Å²) in [6.07, 6.45) is 2.91. The predicted octanol–water partition coefficient (Wildman–Crippen LogP) is 4.76. The fraction of sp³-hybridized carbons (Fsp3) is 0.500. The smallest absolute Gasteiger partial charge is 0.243 e. The molecule has 0 aromatic heterocycles. The molecule has 2 fully saturated rings. The third-order valence-corrected chi connectivity index (χ3v) is 8.78. The molecule has 0 unspecified atom stereocenters. The van der Waals surface area contributed by atoms with Crippen molar-refractivity contribution in [3.63, 3.8) is 0 Å². The Morgan fingerprint density at radius 2 is 1.59 bits per heavy atom. The van der Waals surface area contributed by atoms with Crippen LogP contribution in [-0.4, -0.2) is 44.8 Å². The summed E-state index contributed by atoms with van der Waals surface area (Å²) in [5.41, 5.74) is 1.96. The van der Waals surface area contributed by atoms with Gasteiger partial charge in [-0.25, -0.2) is 12.8 Å². The summed E-state index contributed by atoms with van der Waals surface area (Å²) in [4.78, 5) is 15.3. The summed E-state index contributed by atoms with van der Waals surface area (Å²) in [7, 11) is -3.62. The van der Waals surface area contributed by atoms with Crippen LogP contribution in [0.3, 0.4) is 0 Å². The lowest BCUT2D eigenvalue weighted by molar-refractivity contribution is -0.120. The number of para-hydroxylation sites is 1. The van der Waals surface area contributed by atoms with Gasteiger partial charge in [-0.05, 0) is 60.9 Å². The molecular weight excluding hydrogens is 453 g/mol. The van der Waals surface area contributed by atoms with Crippen molar-refractivity contribution in [2.45, 2.75) is 56.8 Å². The van der Waals surface area contributed by atoms with Gasteiger partial charge in [0.2, 0.25) is 15.9 Å². The van der Waals surface area contributed by atoms with E-state index in [-0.39, 0.29) is 40.9 Å². The highest BCUT2D eigenvalue weighted by Crippen LogP contribution is 2.33. The fourth-order valence-electron chi connectivity index (χ4n) is 4.72. The SMILES string of the molecule is CC(C)(C)c1ccc(S(=O)(=O)N2CCC(C(=O)Nc3c(F)cccc3N3CCCC3)CC2)cc1. The van der Waals surface area contributed by atoms with Gasteiger partial charge in [0.05, 0.1) is 10.6 Å². The Hall–Kier alpha value is -2.45. The number of halogens is 1. The van der Waals surface area contributed by atoms with E-state index in [1.54, 1.807) is 18.2 Å². The van der Waals surface area contributed by atoms with Gasteiger partial charge in [-0.3, -0.25) is 4.79 Å². The molecule has 0 aliphatic carbocycles. The number of benzene rings is 2. The van der Waals surface area contributed by atoms with Crippen LogP contribution in [0.5, 0.6) is 0 Å². The molecule has 2 heterocycles. The molecule has 2 aliphatic rings. The highest BCUT2D eigenvalue weighted by molar-refractivity contribution is 7.89. The first-order valence-corrected chi connectivity index (χ1v) is 13.5. The third-order valence-electron chi connectivity index (χ3n) is 6.87. The van der Waals surface area contributed by atoms with Crippen LogP contribution in [0.25, 0.3) is 0 Å².